The molecule has 124 valence electrons. The number of pyridine rings is 1. The van der Waals surface area contributed by atoms with Gasteiger partial charge in [-0.25, -0.2) is 9.41 Å². The number of aromatic nitrogens is 1. The van der Waals surface area contributed by atoms with Gasteiger partial charge in [0.25, 0.3) is 0 Å². The molecular weight excluding hydrogens is 304 g/mol. The summed E-state index contributed by atoms with van der Waals surface area (Å²) in [6, 6.07) is 11.1. The molecule has 25 heavy (non-hydrogen) atoms. The second-order valence-electron chi connectivity index (χ2n) is 5.97. The molecule has 3 aromatic rings. The third-order valence-electron chi connectivity index (χ3n) is 4.22. The van der Waals surface area contributed by atoms with Crippen LogP contribution in [0.2, 0.25) is 0 Å². The maximum atomic E-state index is 8.01. The zero-order chi connectivity index (χ0) is 25.6. The molecule has 0 atom stereocenters. The predicted molar refractivity (Wildman–Crippen MR) is 104 cm³/mol. The molecule has 2 heteroatoms. The summed E-state index contributed by atoms with van der Waals surface area (Å²) in [5.74, 6) is 0. The van der Waals surface area contributed by atoms with Crippen molar-refractivity contribution in [3.05, 3.63) is 82.3 Å². The fourth-order valence-electron chi connectivity index (χ4n) is 2.86. The Morgan fingerprint density at radius 1 is 0.880 bits per heavy atom. The predicted octanol–water partition coefficient (Wildman–Crippen LogP) is 5.63. The van der Waals surface area contributed by atoms with Gasteiger partial charge in [0, 0.05) is 29.5 Å². The topological polar surface area (TPSA) is 8.24 Å². The molecule has 0 saturated heterocycles. The minimum Gasteiger partial charge on any atom is -0.238 e. The Morgan fingerprint density at radius 3 is 2.24 bits per heavy atom. The highest BCUT2D eigenvalue weighted by atomic mass is 14.9. The molecule has 2 aromatic carbocycles. The number of rotatable bonds is 2. The van der Waals surface area contributed by atoms with Crippen molar-refractivity contribution >= 4 is 5.69 Å². The van der Waals surface area contributed by atoms with Crippen molar-refractivity contribution < 1.29 is 16.9 Å². The van der Waals surface area contributed by atoms with Crippen LogP contribution in [0.3, 0.4) is 0 Å². The van der Waals surface area contributed by atoms with Crippen LogP contribution in [-0.2, 0) is 7.05 Å². The third-order valence-corrected chi connectivity index (χ3v) is 4.22. The van der Waals surface area contributed by atoms with Gasteiger partial charge in [-0.3, -0.25) is 0 Å². The zero-order valence-electron chi connectivity index (χ0n) is 23.0. The Bertz CT molecular complexity index is 1280. The molecule has 0 fully saturated rings. The Labute approximate surface area is 162 Å². The Hall–Kier alpha value is -2.92. The number of nitrogens with zero attached hydrogens (tertiary/aromatic N) is 2. The quantitative estimate of drug-likeness (QED) is 0.423. The summed E-state index contributed by atoms with van der Waals surface area (Å²) < 4.78 is 72.5. The van der Waals surface area contributed by atoms with Gasteiger partial charge in [0.2, 0.25) is 5.69 Å². The first-order valence-corrected chi connectivity index (χ1v) is 7.72. The van der Waals surface area contributed by atoms with Crippen molar-refractivity contribution in [2.24, 2.45) is 7.05 Å². The van der Waals surface area contributed by atoms with Crippen molar-refractivity contribution in [1.29, 1.82) is 0 Å². The lowest BCUT2D eigenvalue weighted by molar-refractivity contribution is -0.660. The molecule has 3 rings (SSSR count). The highest BCUT2D eigenvalue weighted by Crippen LogP contribution is 2.32. The Balaban J connectivity index is 2.35. The van der Waals surface area contributed by atoms with Crippen molar-refractivity contribution in [2.75, 3.05) is 0 Å². The summed E-state index contributed by atoms with van der Waals surface area (Å²) in [5, 5.41) is 0. The highest BCUT2D eigenvalue weighted by molar-refractivity contribution is 5.76. The molecule has 0 aliphatic rings. The summed E-state index contributed by atoms with van der Waals surface area (Å²) in [5.41, 5.74) is 2.64. The molecule has 0 radical (unpaired) electrons. The Kier molecular flexibility index (Phi) is 2.34. The number of hydrogen-bond acceptors (Lipinski definition) is 0. The molecule has 0 amide bonds. The van der Waals surface area contributed by atoms with Crippen molar-refractivity contribution in [3.63, 3.8) is 0 Å². The number of hydrogen-bond donors (Lipinski definition) is 0. The molecule has 1 aromatic heterocycles. The molecule has 0 spiro atoms. The van der Waals surface area contributed by atoms with Crippen molar-refractivity contribution in [2.45, 2.75) is 27.5 Å². The first-order valence-electron chi connectivity index (χ1n) is 12.2. The second-order valence-corrected chi connectivity index (χ2v) is 5.97. The van der Waals surface area contributed by atoms with Crippen LogP contribution in [0, 0.1) is 34.1 Å². The Morgan fingerprint density at radius 2 is 1.60 bits per heavy atom. The van der Waals surface area contributed by atoms with E-state index in [1.807, 2.05) is 0 Å². The van der Waals surface area contributed by atoms with E-state index in [0.29, 0.717) is 33.6 Å². The summed E-state index contributed by atoms with van der Waals surface area (Å²) in [4.78, 5) is 3.36. The molecule has 2 nitrogen and oxygen atoms in total. The molecule has 0 bridgehead atoms. The van der Waals surface area contributed by atoms with Gasteiger partial charge in [0.05, 0.1) is 6.57 Å². The van der Waals surface area contributed by atoms with E-state index in [9.17, 15) is 0 Å². The van der Waals surface area contributed by atoms with Crippen LogP contribution in [0.5, 0.6) is 0 Å². The van der Waals surface area contributed by atoms with Crippen molar-refractivity contribution in [1.82, 2.24) is 0 Å². The van der Waals surface area contributed by atoms with Crippen LogP contribution in [-0.4, -0.2) is 0 Å². The largest absolute Gasteiger partial charge is 0.238 e. The van der Waals surface area contributed by atoms with Crippen LogP contribution in [0.4, 0.5) is 5.69 Å². The first-order chi connectivity index (χ1) is 15.5. The van der Waals surface area contributed by atoms with Gasteiger partial charge < -0.3 is 0 Å². The fraction of sp³-hybridized carbons (Fsp3) is 0.217. The lowest BCUT2D eigenvalue weighted by Gasteiger charge is -2.13. The second kappa shape index (κ2) is 6.53. The normalized spacial score (nSPS) is 17.4. The van der Waals surface area contributed by atoms with E-state index in [0.717, 1.165) is 0 Å². The lowest BCUT2D eigenvalue weighted by atomic mass is 9.92. The monoisotopic (exact) mass is 336 g/mol. The SMILES string of the molecule is [2H]C([2H])([2H])c1cc(C)c(-c2cc(C([2H])([2H])[2H])c(C([2H])([2H])[2H])c[n+]2C)cc1-c1ccc([N+]#[C-])cc1. The van der Waals surface area contributed by atoms with E-state index >= 15 is 0 Å². The van der Waals surface area contributed by atoms with E-state index in [-0.39, 0.29) is 16.7 Å². The van der Waals surface area contributed by atoms with Crippen LogP contribution in [0.15, 0.2) is 48.7 Å². The van der Waals surface area contributed by atoms with Crippen LogP contribution < -0.4 is 4.57 Å². The summed E-state index contributed by atoms with van der Waals surface area (Å²) in [6.45, 7) is 1.18. The van der Waals surface area contributed by atoms with E-state index in [1.165, 1.54) is 12.3 Å². The number of benzene rings is 2. The van der Waals surface area contributed by atoms with Gasteiger partial charge in [-0.1, -0.05) is 30.3 Å². The average Bonchev–Trinajstić information content (AvgIpc) is 2.71. The van der Waals surface area contributed by atoms with Gasteiger partial charge in [-0.15, -0.1) is 0 Å². The summed E-state index contributed by atoms with van der Waals surface area (Å²) >= 11 is 0. The van der Waals surface area contributed by atoms with Gasteiger partial charge in [-0.05, 0) is 61.4 Å². The maximum Gasteiger partial charge on any atom is 0.212 e. The minimum atomic E-state index is -2.66. The van der Waals surface area contributed by atoms with E-state index in [1.54, 1.807) is 54.9 Å². The first kappa shape index (κ1) is 8.97. The van der Waals surface area contributed by atoms with E-state index in [4.69, 9.17) is 18.9 Å². The maximum absolute atomic E-state index is 8.01. The van der Waals surface area contributed by atoms with Crippen molar-refractivity contribution in [3.8, 4) is 22.4 Å². The van der Waals surface area contributed by atoms with Crippen LogP contribution in [0.1, 0.15) is 34.6 Å². The van der Waals surface area contributed by atoms with Gasteiger partial charge in [0.1, 0.15) is 7.05 Å². The molecule has 0 saturated carbocycles. The van der Waals surface area contributed by atoms with Gasteiger partial charge >= 0.3 is 0 Å². The molecule has 0 unspecified atom stereocenters. The molecule has 0 N–H and O–H groups in total. The molecule has 1 heterocycles. The smallest absolute Gasteiger partial charge is 0.212 e. The minimum absolute atomic E-state index is 0.127. The molecular formula is C23H23N2+. The summed E-state index contributed by atoms with van der Waals surface area (Å²) in [6.07, 6.45) is 1.30. The van der Waals surface area contributed by atoms with E-state index < -0.39 is 20.6 Å². The molecule has 0 aliphatic heterocycles. The number of aryl methyl sites for hydroxylation is 5. The fourth-order valence-corrected chi connectivity index (χ4v) is 2.86. The standard InChI is InChI=1S/C23H23N2/c1-15-12-23(25(6)14-18(15)4)22-13-21(16(2)11-17(22)3)19-7-9-20(24-5)10-8-19/h7-14H,1-4,6H3/q+1/i1D3,2D3,4D3. The van der Waals surface area contributed by atoms with Crippen LogP contribution in [0.25, 0.3) is 27.2 Å². The van der Waals surface area contributed by atoms with E-state index in [2.05, 4.69) is 4.85 Å². The summed E-state index contributed by atoms with van der Waals surface area (Å²) in [7, 11) is 1.62. The van der Waals surface area contributed by atoms with Crippen LogP contribution >= 0.6 is 0 Å². The zero-order valence-corrected chi connectivity index (χ0v) is 14.0. The third kappa shape index (κ3) is 3.19. The highest BCUT2D eigenvalue weighted by Gasteiger charge is 2.16. The average molecular weight is 337 g/mol. The lowest BCUT2D eigenvalue weighted by Crippen LogP contribution is -2.31. The van der Waals surface area contributed by atoms with Gasteiger partial charge in [-0.2, -0.15) is 0 Å². The van der Waals surface area contributed by atoms with Gasteiger partial charge in [0.15, 0.2) is 11.9 Å². The molecule has 0 aliphatic carbocycles.